The lowest BCUT2D eigenvalue weighted by Gasteiger charge is -2.23. The van der Waals surface area contributed by atoms with Crippen LogP contribution in [0.3, 0.4) is 0 Å². The number of amides is 1. The number of hydrogen-bond acceptors (Lipinski definition) is 4. The molecule has 0 unspecified atom stereocenters. The third-order valence-electron chi connectivity index (χ3n) is 3.88. The van der Waals surface area contributed by atoms with Gasteiger partial charge in [0.1, 0.15) is 6.04 Å². The summed E-state index contributed by atoms with van der Waals surface area (Å²) in [6.45, 7) is 5.92. The fraction of sp³-hybridized carbons (Fsp3) is 0.350. The van der Waals surface area contributed by atoms with Crippen molar-refractivity contribution in [1.29, 1.82) is 0 Å². The summed E-state index contributed by atoms with van der Waals surface area (Å²) in [7, 11) is 1.61. The van der Waals surface area contributed by atoms with Crippen LogP contribution in [0.4, 0.5) is 0 Å². The summed E-state index contributed by atoms with van der Waals surface area (Å²) in [5.74, 6) is 0.947. The van der Waals surface area contributed by atoms with Gasteiger partial charge < -0.3 is 15.2 Å². The Hall–Kier alpha value is -2.53. The first-order valence-corrected chi connectivity index (χ1v) is 8.37. The third-order valence-corrected chi connectivity index (χ3v) is 3.88. The van der Waals surface area contributed by atoms with Gasteiger partial charge in [-0.2, -0.15) is 0 Å². The maximum atomic E-state index is 11.9. The predicted molar refractivity (Wildman–Crippen MR) is 98.7 cm³/mol. The fourth-order valence-corrected chi connectivity index (χ4v) is 2.64. The first-order chi connectivity index (χ1) is 11.9. The van der Waals surface area contributed by atoms with Gasteiger partial charge in [0, 0.05) is 6.04 Å². The second-order valence-electron chi connectivity index (χ2n) is 6.21. The summed E-state index contributed by atoms with van der Waals surface area (Å²) in [6.07, 6.45) is 0.0626. The van der Waals surface area contributed by atoms with Crippen LogP contribution in [-0.2, 0) is 4.79 Å². The van der Waals surface area contributed by atoms with E-state index in [1.165, 1.54) is 0 Å². The molecule has 3 N–H and O–H groups in total. The number of rotatable bonds is 8. The van der Waals surface area contributed by atoms with E-state index in [-0.39, 0.29) is 12.1 Å². The zero-order valence-electron chi connectivity index (χ0n) is 15.2. The van der Waals surface area contributed by atoms with Crippen LogP contribution >= 0.6 is 0 Å². The Morgan fingerprint density at radius 2 is 1.68 bits per heavy atom. The molecule has 0 bridgehead atoms. The lowest BCUT2D eigenvalue weighted by molar-refractivity contribution is -0.120. The largest absolute Gasteiger partial charge is 0.493 e. The van der Waals surface area contributed by atoms with Crippen LogP contribution < -0.4 is 20.5 Å². The van der Waals surface area contributed by atoms with E-state index >= 15 is 0 Å². The van der Waals surface area contributed by atoms with E-state index in [1.807, 2.05) is 69.3 Å². The number of hydrogen-bond donors (Lipinski definition) is 2. The minimum Gasteiger partial charge on any atom is -0.493 e. The van der Waals surface area contributed by atoms with E-state index in [1.54, 1.807) is 7.11 Å². The van der Waals surface area contributed by atoms with Gasteiger partial charge in [-0.25, -0.2) is 0 Å². The normalized spacial score (nSPS) is 13.3. The van der Waals surface area contributed by atoms with Crippen molar-refractivity contribution in [2.75, 3.05) is 7.11 Å². The Morgan fingerprint density at radius 3 is 2.24 bits per heavy atom. The monoisotopic (exact) mass is 342 g/mol. The van der Waals surface area contributed by atoms with Gasteiger partial charge in [-0.15, -0.1) is 0 Å². The Morgan fingerprint density at radius 1 is 1.00 bits per heavy atom. The van der Waals surface area contributed by atoms with Crippen molar-refractivity contribution in [2.45, 2.75) is 39.0 Å². The molecule has 0 fully saturated rings. The quantitative estimate of drug-likeness (QED) is 0.771. The summed E-state index contributed by atoms with van der Waals surface area (Å²) in [5, 5.41) is 3.29. The zero-order valence-corrected chi connectivity index (χ0v) is 15.2. The van der Waals surface area contributed by atoms with Gasteiger partial charge in [0.15, 0.2) is 11.5 Å². The number of nitrogens with two attached hydrogens (primary N) is 1. The minimum absolute atomic E-state index is 0.0626. The van der Waals surface area contributed by atoms with Crippen LogP contribution in [0.25, 0.3) is 0 Å². The van der Waals surface area contributed by atoms with Crippen LogP contribution in [0.1, 0.15) is 44.0 Å². The predicted octanol–water partition coefficient (Wildman–Crippen LogP) is 3.36. The average Bonchev–Trinajstić information content (AvgIpc) is 2.59. The highest BCUT2D eigenvalue weighted by molar-refractivity contribution is 5.81. The fourth-order valence-electron chi connectivity index (χ4n) is 2.64. The van der Waals surface area contributed by atoms with Crippen molar-refractivity contribution in [2.24, 2.45) is 5.73 Å². The molecule has 0 aliphatic carbocycles. The molecule has 25 heavy (non-hydrogen) atoms. The van der Waals surface area contributed by atoms with Crippen LogP contribution in [0, 0.1) is 0 Å². The molecule has 134 valence electrons. The number of benzene rings is 2. The summed E-state index contributed by atoms with van der Waals surface area (Å²) in [5.41, 5.74) is 7.41. The number of carbonyl (C=O) groups is 1. The molecule has 1 amide bonds. The molecule has 0 aliphatic heterocycles. The van der Waals surface area contributed by atoms with E-state index in [0.29, 0.717) is 11.5 Å². The molecule has 0 heterocycles. The van der Waals surface area contributed by atoms with Gasteiger partial charge in [-0.3, -0.25) is 10.1 Å². The van der Waals surface area contributed by atoms with Crippen molar-refractivity contribution in [3.05, 3.63) is 59.7 Å². The van der Waals surface area contributed by atoms with Crippen molar-refractivity contribution in [3.8, 4) is 11.5 Å². The van der Waals surface area contributed by atoms with Gasteiger partial charge in [-0.1, -0.05) is 36.4 Å². The lowest BCUT2D eigenvalue weighted by atomic mass is 10.0. The highest BCUT2D eigenvalue weighted by Gasteiger charge is 2.21. The molecule has 0 saturated heterocycles. The molecule has 2 aromatic rings. The SMILES string of the molecule is COc1cc([C@H](C)N[C@@H](C(N)=O)c2ccccc2)ccc1OC(C)C. The van der Waals surface area contributed by atoms with Gasteiger partial charge in [0.25, 0.3) is 0 Å². The third kappa shape index (κ3) is 4.97. The van der Waals surface area contributed by atoms with Crippen LogP contribution in [-0.4, -0.2) is 19.1 Å². The molecule has 2 rings (SSSR count). The Balaban J connectivity index is 2.21. The van der Waals surface area contributed by atoms with E-state index in [4.69, 9.17) is 15.2 Å². The maximum absolute atomic E-state index is 11.9. The second kappa shape index (κ2) is 8.53. The molecule has 5 nitrogen and oxygen atoms in total. The van der Waals surface area contributed by atoms with E-state index < -0.39 is 11.9 Å². The minimum atomic E-state index is -0.561. The molecule has 0 spiro atoms. The molecular formula is C20H26N2O3. The molecule has 0 saturated carbocycles. The van der Waals surface area contributed by atoms with Gasteiger partial charge in [0.05, 0.1) is 13.2 Å². The molecule has 5 heteroatoms. The van der Waals surface area contributed by atoms with Crippen molar-refractivity contribution in [1.82, 2.24) is 5.32 Å². The molecule has 0 radical (unpaired) electrons. The number of ether oxygens (including phenoxy) is 2. The summed E-state index contributed by atoms with van der Waals surface area (Å²) >= 11 is 0. The second-order valence-corrected chi connectivity index (χ2v) is 6.21. The Kier molecular flexibility index (Phi) is 6.42. The molecule has 0 aromatic heterocycles. The summed E-state index contributed by atoms with van der Waals surface area (Å²) < 4.78 is 11.2. The highest BCUT2D eigenvalue weighted by Crippen LogP contribution is 2.31. The first-order valence-electron chi connectivity index (χ1n) is 8.37. The topological polar surface area (TPSA) is 73.6 Å². The van der Waals surface area contributed by atoms with E-state index in [9.17, 15) is 4.79 Å². The number of primary amides is 1. The van der Waals surface area contributed by atoms with Crippen molar-refractivity contribution in [3.63, 3.8) is 0 Å². The van der Waals surface area contributed by atoms with Crippen molar-refractivity contribution >= 4 is 5.91 Å². The van der Waals surface area contributed by atoms with Gasteiger partial charge in [0.2, 0.25) is 5.91 Å². The summed E-state index contributed by atoms with van der Waals surface area (Å²) in [4.78, 5) is 11.9. The number of methoxy groups -OCH3 is 1. The lowest BCUT2D eigenvalue weighted by Crippen LogP contribution is -2.35. The van der Waals surface area contributed by atoms with Crippen LogP contribution in [0.15, 0.2) is 48.5 Å². The van der Waals surface area contributed by atoms with Crippen molar-refractivity contribution < 1.29 is 14.3 Å². The van der Waals surface area contributed by atoms with E-state index in [0.717, 1.165) is 11.1 Å². The smallest absolute Gasteiger partial charge is 0.239 e. The zero-order chi connectivity index (χ0) is 18.4. The molecule has 2 atom stereocenters. The standard InChI is InChI=1S/C20H26N2O3/c1-13(2)25-17-11-10-16(12-18(17)24-4)14(3)22-19(20(21)23)15-8-6-5-7-9-15/h5-14,19,22H,1-4H3,(H2,21,23)/t14-,19+/m0/s1. The average molecular weight is 342 g/mol. The molecule has 0 aliphatic rings. The Labute approximate surface area is 149 Å². The van der Waals surface area contributed by atoms with Crippen LogP contribution in [0.2, 0.25) is 0 Å². The maximum Gasteiger partial charge on any atom is 0.239 e. The number of nitrogens with one attached hydrogen (secondary N) is 1. The Bertz CT molecular complexity index is 701. The molecular weight excluding hydrogens is 316 g/mol. The highest BCUT2D eigenvalue weighted by atomic mass is 16.5. The molecule has 2 aromatic carbocycles. The van der Waals surface area contributed by atoms with Gasteiger partial charge in [-0.05, 0) is 44.0 Å². The van der Waals surface area contributed by atoms with E-state index in [2.05, 4.69) is 5.32 Å². The van der Waals surface area contributed by atoms with Crippen LogP contribution in [0.5, 0.6) is 11.5 Å². The number of carbonyl (C=O) groups excluding carboxylic acids is 1. The first kappa shape index (κ1) is 18.8. The summed E-state index contributed by atoms with van der Waals surface area (Å²) in [6, 6.07) is 14.5. The van der Waals surface area contributed by atoms with Gasteiger partial charge >= 0.3 is 0 Å².